The highest BCUT2D eigenvalue weighted by Gasteiger charge is 2.34. The Morgan fingerprint density at radius 1 is 1.19 bits per heavy atom. The average Bonchev–Trinajstić information content (AvgIpc) is 2.85. The van der Waals surface area contributed by atoms with Crippen LogP contribution in [0, 0.1) is 5.92 Å². The minimum atomic E-state index is 0.181. The summed E-state index contributed by atoms with van der Waals surface area (Å²) in [5.41, 5.74) is 0.671. The van der Waals surface area contributed by atoms with Crippen molar-refractivity contribution in [2.75, 3.05) is 14.2 Å². The summed E-state index contributed by atoms with van der Waals surface area (Å²) in [6, 6.07) is 6.66. The number of nitrogens with one attached hydrogen (secondary N) is 1. The Bertz CT molecular complexity index is 517. The molecule has 1 aromatic rings. The maximum absolute atomic E-state index is 12.6. The molecule has 114 valence electrons. The SMILES string of the molecule is COc1ccc(C(=O)CC2CC3CCC(C2)N3)c(OC)c1. The molecular formula is C17H23NO3. The van der Waals surface area contributed by atoms with Crippen molar-refractivity contribution in [2.24, 2.45) is 5.92 Å². The van der Waals surface area contributed by atoms with Gasteiger partial charge in [0.05, 0.1) is 19.8 Å². The van der Waals surface area contributed by atoms with Gasteiger partial charge in [-0.3, -0.25) is 4.79 Å². The number of piperidine rings is 1. The Labute approximate surface area is 125 Å². The number of rotatable bonds is 5. The van der Waals surface area contributed by atoms with Crippen LogP contribution in [0.1, 0.15) is 42.5 Å². The Morgan fingerprint density at radius 3 is 2.52 bits per heavy atom. The van der Waals surface area contributed by atoms with Crippen molar-refractivity contribution in [1.29, 1.82) is 0 Å². The van der Waals surface area contributed by atoms with E-state index in [0.29, 0.717) is 41.5 Å². The number of carbonyl (C=O) groups is 1. The maximum Gasteiger partial charge on any atom is 0.166 e. The molecule has 2 bridgehead atoms. The fourth-order valence-corrected chi connectivity index (χ4v) is 3.74. The molecular weight excluding hydrogens is 266 g/mol. The van der Waals surface area contributed by atoms with Crippen molar-refractivity contribution in [1.82, 2.24) is 5.32 Å². The first-order chi connectivity index (χ1) is 10.2. The lowest BCUT2D eigenvalue weighted by Gasteiger charge is -2.28. The van der Waals surface area contributed by atoms with Gasteiger partial charge in [-0.15, -0.1) is 0 Å². The topological polar surface area (TPSA) is 47.6 Å². The van der Waals surface area contributed by atoms with Crippen molar-refractivity contribution in [3.63, 3.8) is 0 Å². The first-order valence-electron chi connectivity index (χ1n) is 7.71. The molecule has 2 heterocycles. The van der Waals surface area contributed by atoms with Gasteiger partial charge in [-0.05, 0) is 43.7 Å². The zero-order valence-electron chi connectivity index (χ0n) is 12.7. The Kier molecular flexibility index (Phi) is 4.15. The molecule has 21 heavy (non-hydrogen) atoms. The number of hydrogen-bond acceptors (Lipinski definition) is 4. The van der Waals surface area contributed by atoms with Gasteiger partial charge in [0.1, 0.15) is 11.5 Å². The van der Waals surface area contributed by atoms with Crippen molar-refractivity contribution >= 4 is 5.78 Å². The molecule has 4 heteroatoms. The van der Waals surface area contributed by atoms with Crippen LogP contribution in [0.15, 0.2) is 18.2 Å². The van der Waals surface area contributed by atoms with Crippen molar-refractivity contribution in [3.05, 3.63) is 23.8 Å². The molecule has 0 aliphatic carbocycles. The number of hydrogen-bond donors (Lipinski definition) is 1. The standard InChI is InChI=1S/C17H23NO3/c1-20-14-5-6-15(17(10-14)21-2)16(19)9-11-7-12-3-4-13(8-11)18-12/h5-6,10-13,18H,3-4,7-9H2,1-2H3. The van der Waals surface area contributed by atoms with Crippen molar-refractivity contribution < 1.29 is 14.3 Å². The highest BCUT2D eigenvalue weighted by Crippen LogP contribution is 2.34. The minimum absolute atomic E-state index is 0.181. The van der Waals surface area contributed by atoms with Crippen LogP contribution in [0.3, 0.4) is 0 Å². The van der Waals surface area contributed by atoms with Gasteiger partial charge >= 0.3 is 0 Å². The summed E-state index contributed by atoms with van der Waals surface area (Å²) in [5, 5.41) is 3.62. The number of ketones is 1. The molecule has 0 amide bonds. The van der Waals surface area contributed by atoms with E-state index >= 15 is 0 Å². The van der Waals surface area contributed by atoms with Gasteiger partial charge in [-0.2, -0.15) is 0 Å². The first kappa shape index (κ1) is 14.4. The molecule has 2 fully saturated rings. The van der Waals surface area contributed by atoms with Crippen LogP contribution < -0.4 is 14.8 Å². The molecule has 0 aromatic heterocycles. The number of ether oxygens (including phenoxy) is 2. The lowest BCUT2D eigenvalue weighted by atomic mass is 9.86. The predicted molar refractivity (Wildman–Crippen MR) is 81.2 cm³/mol. The maximum atomic E-state index is 12.6. The first-order valence-corrected chi connectivity index (χ1v) is 7.71. The van der Waals surface area contributed by atoms with Gasteiger partial charge in [-0.1, -0.05) is 0 Å². The Hall–Kier alpha value is -1.55. The number of benzene rings is 1. The number of Topliss-reactive ketones (excluding diaryl/α,β-unsaturated/α-hetero) is 1. The third-order valence-corrected chi connectivity index (χ3v) is 4.75. The van der Waals surface area contributed by atoms with Gasteiger partial charge in [-0.25, -0.2) is 0 Å². The van der Waals surface area contributed by atoms with E-state index in [1.807, 2.05) is 12.1 Å². The second kappa shape index (κ2) is 6.06. The van der Waals surface area contributed by atoms with E-state index in [0.717, 1.165) is 12.8 Å². The summed E-state index contributed by atoms with van der Waals surface area (Å²) in [5.74, 6) is 2.00. The van der Waals surface area contributed by atoms with E-state index in [1.165, 1.54) is 12.8 Å². The fraction of sp³-hybridized carbons (Fsp3) is 0.588. The van der Waals surface area contributed by atoms with E-state index in [2.05, 4.69) is 5.32 Å². The normalized spacial score (nSPS) is 27.4. The van der Waals surface area contributed by atoms with E-state index in [1.54, 1.807) is 20.3 Å². The fourth-order valence-electron chi connectivity index (χ4n) is 3.74. The summed E-state index contributed by atoms with van der Waals surface area (Å²) in [6.45, 7) is 0. The summed E-state index contributed by atoms with van der Waals surface area (Å²) < 4.78 is 10.5. The highest BCUT2D eigenvalue weighted by atomic mass is 16.5. The quantitative estimate of drug-likeness (QED) is 0.847. The van der Waals surface area contributed by atoms with Crippen LogP contribution in [0.25, 0.3) is 0 Å². The second-order valence-electron chi connectivity index (χ2n) is 6.17. The molecule has 0 spiro atoms. The molecule has 4 nitrogen and oxygen atoms in total. The second-order valence-corrected chi connectivity index (χ2v) is 6.17. The highest BCUT2D eigenvalue weighted by molar-refractivity contribution is 5.99. The van der Waals surface area contributed by atoms with Crippen LogP contribution in [0.2, 0.25) is 0 Å². The van der Waals surface area contributed by atoms with Crippen molar-refractivity contribution in [3.8, 4) is 11.5 Å². The van der Waals surface area contributed by atoms with E-state index in [-0.39, 0.29) is 5.78 Å². The van der Waals surface area contributed by atoms with Gasteiger partial charge < -0.3 is 14.8 Å². The zero-order valence-corrected chi connectivity index (χ0v) is 12.7. The largest absolute Gasteiger partial charge is 0.497 e. The van der Waals surface area contributed by atoms with Gasteiger partial charge in [0.15, 0.2) is 5.78 Å². The molecule has 2 atom stereocenters. The van der Waals surface area contributed by atoms with Crippen LogP contribution in [0.4, 0.5) is 0 Å². The summed E-state index contributed by atoms with van der Waals surface area (Å²) >= 11 is 0. The molecule has 1 aromatic carbocycles. The summed E-state index contributed by atoms with van der Waals surface area (Å²) in [6.07, 6.45) is 5.40. The van der Waals surface area contributed by atoms with Crippen LogP contribution in [0.5, 0.6) is 11.5 Å². The minimum Gasteiger partial charge on any atom is -0.497 e. The third kappa shape index (κ3) is 3.05. The molecule has 2 aliphatic heterocycles. The number of methoxy groups -OCH3 is 2. The van der Waals surface area contributed by atoms with Crippen LogP contribution in [-0.4, -0.2) is 32.1 Å². The van der Waals surface area contributed by atoms with Crippen LogP contribution in [-0.2, 0) is 0 Å². The smallest absolute Gasteiger partial charge is 0.166 e. The van der Waals surface area contributed by atoms with Gasteiger partial charge in [0.25, 0.3) is 0 Å². The molecule has 2 aliphatic rings. The predicted octanol–water partition coefficient (Wildman–Crippen LogP) is 2.81. The van der Waals surface area contributed by atoms with Gasteiger partial charge in [0.2, 0.25) is 0 Å². The monoisotopic (exact) mass is 289 g/mol. The van der Waals surface area contributed by atoms with E-state index < -0.39 is 0 Å². The molecule has 2 saturated heterocycles. The molecule has 0 radical (unpaired) electrons. The number of fused-ring (bicyclic) bond motifs is 2. The molecule has 2 unspecified atom stereocenters. The summed E-state index contributed by atoms with van der Waals surface area (Å²) in [4.78, 5) is 12.6. The average molecular weight is 289 g/mol. The summed E-state index contributed by atoms with van der Waals surface area (Å²) in [7, 11) is 3.21. The van der Waals surface area contributed by atoms with Gasteiger partial charge in [0, 0.05) is 24.6 Å². The molecule has 3 rings (SSSR count). The third-order valence-electron chi connectivity index (χ3n) is 4.75. The van der Waals surface area contributed by atoms with E-state index in [9.17, 15) is 4.79 Å². The zero-order chi connectivity index (χ0) is 14.8. The lowest BCUT2D eigenvalue weighted by molar-refractivity contribution is 0.0942. The molecule has 1 N–H and O–H groups in total. The van der Waals surface area contributed by atoms with Crippen molar-refractivity contribution in [2.45, 2.75) is 44.2 Å². The van der Waals surface area contributed by atoms with Crippen LogP contribution >= 0.6 is 0 Å². The van der Waals surface area contributed by atoms with E-state index in [4.69, 9.17) is 9.47 Å². The molecule has 0 saturated carbocycles. The lowest BCUT2D eigenvalue weighted by Crippen LogP contribution is -2.38. The Balaban J connectivity index is 1.70. The number of carbonyl (C=O) groups excluding carboxylic acids is 1. The Morgan fingerprint density at radius 2 is 1.90 bits per heavy atom.